The molecule has 6 nitrogen and oxygen atoms in total. The molecule has 5 atom stereocenters. The van der Waals surface area contributed by atoms with E-state index in [1.807, 2.05) is 13.0 Å². The Morgan fingerprint density at radius 2 is 1.96 bits per heavy atom. The predicted octanol–water partition coefficient (Wildman–Crippen LogP) is 3.27. The molecule has 0 bridgehead atoms. The molecular weight excluding hydrogens is 378 g/mol. The Morgan fingerprint density at radius 1 is 1.18 bits per heavy atom. The Morgan fingerprint density at radius 3 is 2.64 bits per heavy atom. The largest absolute Gasteiger partial charge is 0.490 e. The van der Waals surface area contributed by atoms with Gasteiger partial charge < -0.3 is 14.0 Å². The lowest BCUT2D eigenvalue weighted by atomic mass is 9.54. The fraction of sp³-hybridized carbons (Fsp3) is 0.714. The van der Waals surface area contributed by atoms with Crippen molar-refractivity contribution >= 4 is 10.3 Å². The van der Waals surface area contributed by atoms with Crippen LogP contribution in [0.5, 0.6) is 11.5 Å². The summed E-state index contributed by atoms with van der Waals surface area (Å²) in [5.74, 6) is 2.18. The minimum absolute atomic E-state index is 0.0814. The normalized spacial score (nSPS) is 34.3. The number of nitrogens with two attached hydrogens (primary N) is 1. The molecule has 3 aliphatic rings. The minimum Gasteiger partial charge on any atom is -0.490 e. The van der Waals surface area contributed by atoms with Gasteiger partial charge in [-0.25, -0.2) is 0 Å². The SMILES string of the molecule is CCOc1cc2c(cc1OS(N)(=O)=O)CCC1C2CC[C@@]2(CC)C1CC[C@@H]2O. The van der Waals surface area contributed by atoms with Crippen molar-refractivity contribution in [3.05, 3.63) is 23.3 Å². The van der Waals surface area contributed by atoms with Crippen LogP contribution < -0.4 is 14.1 Å². The molecule has 0 radical (unpaired) electrons. The Hall–Kier alpha value is -1.31. The lowest BCUT2D eigenvalue weighted by Crippen LogP contribution is -2.45. The van der Waals surface area contributed by atoms with E-state index < -0.39 is 10.3 Å². The fourth-order valence-corrected chi connectivity index (χ4v) is 6.87. The molecule has 2 saturated carbocycles. The third kappa shape index (κ3) is 3.21. The molecule has 0 spiro atoms. The molecule has 3 unspecified atom stereocenters. The van der Waals surface area contributed by atoms with Crippen molar-refractivity contribution in [2.45, 2.75) is 70.8 Å². The van der Waals surface area contributed by atoms with Crippen LogP contribution in [-0.4, -0.2) is 26.2 Å². The summed E-state index contributed by atoms with van der Waals surface area (Å²) in [7, 11) is -4.11. The first kappa shape index (κ1) is 20.0. The Bertz CT molecular complexity index is 855. The van der Waals surface area contributed by atoms with Gasteiger partial charge in [-0.2, -0.15) is 13.6 Å². The van der Waals surface area contributed by atoms with Crippen LogP contribution in [0.15, 0.2) is 12.1 Å². The van der Waals surface area contributed by atoms with Gasteiger partial charge in [0.25, 0.3) is 0 Å². The standard InChI is InChI=1S/C21H31NO5S/c1-3-21-10-9-14-15(17(21)7-8-20(21)23)6-5-13-11-19(27-28(22,24)25)18(26-4-2)12-16(13)14/h11-12,14-15,17,20,23H,3-10H2,1-2H3,(H2,22,24,25)/t14?,15?,17?,20-,21-/m0/s1. The summed E-state index contributed by atoms with van der Waals surface area (Å²) in [6.07, 6.45) is 6.95. The van der Waals surface area contributed by atoms with Crippen LogP contribution in [0.3, 0.4) is 0 Å². The van der Waals surface area contributed by atoms with Gasteiger partial charge in [-0.3, -0.25) is 0 Å². The Balaban J connectivity index is 1.71. The molecule has 3 aliphatic carbocycles. The monoisotopic (exact) mass is 409 g/mol. The number of benzene rings is 1. The van der Waals surface area contributed by atoms with Gasteiger partial charge in [-0.15, -0.1) is 0 Å². The molecule has 0 aromatic heterocycles. The highest BCUT2D eigenvalue weighted by Gasteiger charge is 2.56. The zero-order valence-corrected chi connectivity index (χ0v) is 17.5. The van der Waals surface area contributed by atoms with Crippen LogP contribution >= 0.6 is 0 Å². The third-order valence-corrected chi connectivity index (χ3v) is 8.04. The second-order valence-corrected chi connectivity index (χ2v) is 9.79. The van der Waals surface area contributed by atoms with Gasteiger partial charge in [-0.05, 0) is 98.3 Å². The molecule has 1 aromatic rings. The number of aryl methyl sites for hydroxylation is 1. The van der Waals surface area contributed by atoms with E-state index in [1.165, 1.54) is 5.56 Å². The number of hydrogen-bond donors (Lipinski definition) is 2. The van der Waals surface area contributed by atoms with E-state index in [-0.39, 0.29) is 17.3 Å². The van der Waals surface area contributed by atoms with Crippen LogP contribution in [0, 0.1) is 17.3 Å². The summed E-state index contributed by atoms with van der Waals surface area (Å²) in [5.41, 5.74) is 2.47. The average molecular weight is 410 g/mol. The zero-order valence-electron chi connectivity index (χ0n) is 16.7. The second kappa shape index (κ2) is 7.18. The number of ether oxygens (including phenoxy) is 1. The van der Waals surface area contributed by atoms with Gasteiger partial charge in [0.15, 0.2) is 11.5 Å². The van der Waals surface area contributed by atoms with Crippen molar-refractivity contribution in [3.8, 4) is 11.5 Å². The molecule has 0 aliphatic heterocycles. The molecule has 28 heavy (non-hydrogen) atoms. The van der Waals surface area contributed by atoms with E-state index in [0.717, 1.165) is 50.5 Å². The highest BCUT2D eigenvalue weighted by molar-refractivity contribution is 7.84. The van der Waals surface area contributed by atoms with Crippen LogP contribution in [-0.2, 0) is 16.7 Å². The van der Waals surface area contributed by atoms with E-state index in [4.69, 9.17) is 14.1 Å². The van der Waals surface area contributed by atoms with Crippen LogP contribution in [0.25, 0.3) is 0 Å². The highest BCUT2D eigenvalue weighted by atomic mass is 32.2. The van der Waals surface area contributed by atoms with Gasteiger partial charge in [0, 0.05) is 0 Å². The molecule has 1 aromatic carbocycles. The number of hydrogen-bond acceptors (Lipinski definition) is 5. The van der Waals surface area contributed by atoms with Crippen molar-refractivity contribution in [3.63, 3.8) is 0 Å². The average Bonchev–Trinajstić information content (AvgIpc) is 2.98. The molecule has 7 heteroatoms. The minimum atomic E-state index is -4.11. The smallest absolute Gasteiger partial charge is 0.380 e. The van der Waals surface area contributed by atoms with E-state index in [0.29, 0.717) is 30.1 Å². The molecule has 0 amide bonds. The molecule has 4 rings (SSSR count). The Kier molecular flexibility index (Phi) is 5.13. The molecule has 2 fully saturated rings. The van der Waals surface area contributed by atoms with E-state index in [2.05, 4.69) is 6.92 Å². The maximum Gasteiger partial charge on any atom is 0.380 e. The zero-order chi connectivity index (χ0) is 20.1. The van der Waals surface area contributed by atoms with Crippen LogP contribution in [0.4, 0.5) is 0 Å². The third-order valence-electron chi connectivity index (χ3n) is 7.62. The first-order valence-corrected chi connectivity index (χ1v) is 12.0. The van der Waals surface area contributed by atoms with Gasteiger partial charge in [-0.1, -0.05) is 6.92 Å². The summed E-state index contributed by atoms with van der Waals surface area (Å²) in [6.45, 7) is 4.50. The maximum atomic E-state index is 11.5. The lowest BCUT2D eigenvalue weighted by molar-refractivity contribution is -0.0394. The van der Waals surface area contributed by atoms with Crippen molar-refractivity contribution in [2.24, 2.45) is 22.4 Å². The van der Waals surface area contributed by atoms with E-state index >= 15 is 0 Å². The number of aliphatic hydroxyl groups is 1. The first-order chi connectivity index (χ1) is 13.3. The molecule has 156 valence electrons. The molecular formula is C21H31NO5S. The van der Waals surface area contributed by atoms with Gasteiger partial charge in [0.2, 0.25) is 0 Å². The molecule has 0 saturated heterocycles. The Labute approximate surface area is 167 Å². The quantitative estimate of drug-likeness (QED) is 0.778. The van der Waals surface area contributed by atoms with E-state index in [1.54, 1.807) is 6.07 Å². The van der Waals surface area contributed by atoms with Crippen molar-refractivity contribution in [1.82, 2.24) is 0 Å². The van der Waals surface area contributed by atoms with E-state index in [9.17, 15) is 13.5 Å². The molecule has 3 N–H and O–H groups in total. The van der Waals surface area contributed by atoms with Crippen LogP contribution in [0.1, 0.15) is 69.4 Å². The van der Waals surface area contributed by atoms with Gasteiger partial charge in [0.05, 0.1) is 12.7 Å². The lowest BCUT2D eigenvalue weighted by Gasteiger charge is -2.51. The maximum absolute atomic E-state index is 11.5. The van der Waals surface area contributed by atoms with Crippen LogP contribution in [0.2, 0.25) is 0 Å². The summed E-state index contributed by atoms with van der Waals surface area (Å²) in [5, 5.41) is 15.8. The number of fused-ring (bicyclic) bond motifs is 5. The second-order valence-electron chi connectivity index (χ2n) is 8.64. The van der Waals surface area contributed by atoms with Crippen molar-refractivity contribution in [1.29, 1.82) is 0 Å². The first-order valence-electron chi connectivity index (χ1n) is 10.5. The number of aliphatic hydroxyl groups excluding tert-OH is 1. The summed E-state index contributed by atoms with van der Waals surface area (Å²) in [6, 6.07) is 3.77. The fourth-order valence-electron chi connectivity index (χ4n) is 6.49. The van der Waals surface area contributed by atoms with Crippen molar-refractivity contribution < 1.29 is 22.4 Å². The summed E-state index contributed by atoms with van der Waals surface area (Å²) >= 11 is 0. The summed E-state index contributed by atoms with van der Waals surface area (Å²) < 4.78 is 33.6. The van der Waals surface area contributed by atoms with Gasteiger partial charge in [0.1, 0.15) is 0 Å². The van der Waals surface area contributed by atoms with Gasteiger partial charge >= 0.3 is 10.3 Å². The van der Waals surface area contributed by atoms with Crippen molar-refractivity contribution in [2.75, 3.05) is 6.61 Å². The number of rotatable bonds is 5. The summed E-state index contributed by atoms with van der Waals surface area (Å²) in [4.78, 5) is 0. The molecule has 0 heterocycles. The predicted molar refractivity (Wildman–Crippen MR) is 107 cm³/mol. The topological polar surface area (TPSA) is 98.9 Å². The highest BCUT2D eigenvalue weighted by Crippen LogP contribution is 2.62.